The molecule has 0 fully saturated rings. The fourth-order valence-corrected chi connectivity index (χ4v) is 3.80. The maximum Gasteiger partial charge on any atom is 0.149 e. The van der Waals surface area contributed by atoms with E-state index in [1.807, 2.05) is 25.1 Å². The molecule has 0 amide bonds. The van der Waals surface area contributed by atoms with Gasteiger partial charge in [-0.3, -0.25) is 9.98 Å². The van der Waals surface area contributed by atoms with Crippen molar-refractivity contribution in [3.63, 3.8) is 0 Å². The first-order valence-corrected chi connectivity index (χ1v) is 8.77. The van der Waals surface area contributed by atoms with Crippen LogP contribution in [-0.2, 0) is 0 Å². The van der Waals surface area contributed by atoms with E-state index in [0.717, 1.165) is 38.4 Å². The molecule has 4 rings (SSSR count). The molecule has 0 spiro atoms. The second kappa shape index (κ2) is 5.92. The molecule has 0 saturated heterocycles. The molecule has 2 nitrogen and oxygen atoms in total. The Balaban J connectivity index is 1.94. The summed E-state index contributed by atoms with van der Waals surface area (Å²) in [4.78, 5) is 9.22. The van der Waals surface area contributed by atoms with E-state index in [0.29, 0.717) is 5.52 Å². The zero-order chi connectivity index (χ0) is 17.7. The number of pyridine rings is 1. The number of aromatic nitrogens is 1. The SMILES string of the molecule is Cc1ccc2c(c1Cl)[C@@H](C)[C@H](C)N=C2c1cnc2c(F)cccc2c1. The first-order chi connectivity index (χ1) is 12.0. The first-order valence-electron chi connectivity index (χ1n) is 8.39. The Morgan fingerprint density at radius 3 is 2.72 bits per heavy atom. The zero-order valence-electron chi connectivity index (χ0n) is 14.3. The van der Waals surface area contributed by atoms with Crippen LogP contribution in [0, 0.1) is 12.7 Å². The molecule has 2 atom stereocenters. The highest BCUT2D eigenvalue weighted by Gasteiger charge is 2.28. The molecule has 1 aromatic heterocycles. The van der Waals surface area contributed by atoms with Crippen molar-refractivity contribution in [1.82, 2.24) is 4.98 Å². The molecule has 0 aliphatic carbocycles. The number of hydrogen-bond donors (Lipinski definition) is 0. The van der Waals surface area contributed by atoms with Crippen LogP contribution in [0.25, 0.3) is 10.9 Å². The van der Waals surface area contributed by atoms with E-state index in [9.17, 15) is 4.39 Å². The number of nitrogens with zero attached hydrogens (tertiary/aromatic N) is 2. The predicted molar refractivity (Wildman–Crippen MR) is 101 cm³/mol. The van der Waals surface area contributed by atoms with Gasteiger partial charge in [0.15, 0.2) is 0 Å². The standard InChI is InChI=1S/C21H18ClFN2/c1-11-7-8-16-18(19(11)22)12(2)13(3)25-20(16)15-9-14-5-4-6-17(23)21(14)24-10-15/h4-10,12-13H,1-3H3/t12-,13-/m0/s1. The fourth-order valence-electron chi connectivity index (χ4n) is 3.46. The number of hydrogen-bond acceptors (Lipinski definition) is 2. The molecule has 4 heteroatoms. The maximum atomic E-state index is 13.9. The molecular formula is C21H18ClFN2. The van der Waals surface area contributed by atoms with Crippen molar-refractivity contribution < 1.29 is 4.39 Å². The summed E-state index contributed by atoms with van der Waals surface area (Å²) in [6, 6.07) is 11.2. The Kier molecular flexibility index (Phi) is 3.84. The van der Waals surface area contributed by atoms with Gasteiger partial charge in [-0.25, -0.2) is 4.39 Å². The molecule has 3 aromatic rings. The van der Waals surface area contributed by atoms with Gasteiger partial charge >= 0.3 is 0 Å². The van der Waals surface area contributed by atoms with E-state index in [-0.39, 0.29) is 17.8 Å². The molecule has 1 aliphatic heterocycles. The van der Waals surface area contributed by atoms with E-state index in [1.165, 1.54) is 6.07 Å². The van der Waals surface area contributed by atoms with Gasteiger partial charge in [-0.05, 0) is 37.1 Å². The maximum absolute atomic E-state index is 13.9. The van der Waals surface area contributed by atoms with Crippen molar-refractivity contribution in [3.05, 3.63) is 75.7 Å². The number of rotatable bonds is 1. The molecule has 0 radical (unpaired) electrons. The summed E-state index contributed by atoms with van der Waals surface area (Å²) in [6.07, 6.45) is 1.70. The Morgan fingerprint density at radius 1 is 1.12 bits per heavy atom. The Morgan fingerprint density at radius 2 is 1.92 bits per heavy atom. The molecule has 0 saturated carbocycles. The number of aliphatic imine (C=N–C) groups is 1. The third kappa shape index (κ3) is 2.54. The van der Waals surface area contributed by atoms with Crippen molar-refractivity contribution in [2.75, 3.05) is 0 Å². The summed E-state index contributed by atoms with van der Waals surface area (Å²) < 4.78 is 13.9. The average Bonchev–Trinajstić information content (AvgIpc) is 2.60. The van der Waals surface area contributed by atoms with Gasteiger partial charge in [0.2, 0.25) is 0 Å². The fraction of sp³-hybridized carbons (Fsp3) is 0.238. The minimum absolute atomic E-state index is 0.116. The van der Waals surface area contributed by atoms with Crippen LogP contribution in [-0.4, -0.2) is 16.7 Å². The van der Waals surface area contributed by atoms with Gasteiger partial charge in [-0.15, -0.1) is 0 Å². The smallest absolute Gasteiger partial charge is 0.149 e. The Bertz CT molecular complexity index is 1030. The molecule has 1 aliphatic rings. The number of para-hydroxylation sites is 1. The lowest BCUT2D eigenvalue weighted by atomic mass is 9.83. The second-order valence-corrected chi connectivity index (χ2v) is 7.08. The van der Waals surface area contributed by atoms with E-state index < -0.39 is 0 Å². The van der Waals surface area contributed by atoms with Crippen molar-refractivity contribution >= 4 is 28.2 Å². The molecule has 126 valence electrons. The van der Waals surface area contributed by atoms with E-state index in [2.05, 4.69) is 24.9 Å². The number of aryl methyl sites for hydroxylation is 1. The average molecular weight is 353 g/mol. The van der Waals surface area contributed by atoms with Crippen LogP contribution in [0.2, 0.25) is 5.02 Å². The quantitative estimate of drug-likeness (QED) is 0.553. The topological polar surface area (TPSA) is 25.2 Å². The molecule has 25 heavy (non-hydrogen) atoms. The van der Waals surface area contributed by atoms with E-state index in [4.69, 9.17) is 16.6 Å². The van der Waals surface area contributed by atoms with E-state index >= 15 is 0 Å². The lowest BCUT2D eigenvalue weighted by molar-refractivity contribution is 0.605. The zero-order valence-corrected chi connectivity index (χ0v) is 15.1. The highest BCUT2D eigenvalue weighted by atomic mass is 35.5. The molecule has 2 heterocycles. The van der Waals surface area contributed by atoms with Crippen LogP contribution in [0.4, 0.5) is 4.39 Å². The van der Waals surface area contributed by atoms with Gasteiger partial charge in [-0.1, -0.05) is 42.8 Å². The second-order valence-electron chi connectivity index (χ2n) is 6.70. The van der Waals surface area contributed by atoms with Gasteiger partial charge in [0.1, 0.15) is 11.3 Å². The summed E-state index contributed by atoms with van der Waals surface area (Å²) in [5, 5.41) is 1.58. The largest absolute Gasteiger partial charge is 0.280 e. The van der Waals surface area contributed by atoms with Gasteiger partial charge < -0.3 is 0 Å². The lowest BCUT2D eigenvalue weighted by Crippen LogP contribution is -2.24. The van der Waals surface area contributed by atoms with Crippen molar-refractivity contribution in [2.24, 2.45) is 4.99 Å². The summed E-state index contributed by atoms with van der Waals surface area (Å²) >= 11 is 6.62. The van der Waals surface area contributed by atoms with Crippen LogP contribution in [0.15, 0.2) is 47.6 Å². The molecule has 0 bridgehead atoms. The van der Waals surface area contributed by atoms with Gasteiger partial charge in [0.05, 0.1) is 11.8 Å². The summed E-state index contributed by atoms with van der Waals surface area (Å²) in [5.74, 6) is -0.0623. The molecule has 0 unspecified atom stereocenters. The van der Waals surface area contributed by atoms with Gasteiger partial charge in [0.25, 0.3) is 0 Å². The molecule has 0 N–H and O–H groups in total. The first kappa shape index (κ1) is 16.2. The van der Waals surface area contributed by atoms with Crippen LogP contribution < -0.4 is 0 Å². The minimum Gasteiger partial charge on any atom is -0.280 e. The number of fused-ring (bicyclic) bond motifs is 2. The van der Waals surface area contributed by atoms with Crippen molar-refractivity contribution in [1.29, 1.82) is 0 Å². The normalized spacial score (nSPS) is 19.6. The van der Waals surface area contributed by atoms with Crippen molar-refractivity contribution in [2.45, 2.75) is 32.7 Å². The Hall–Kier alpha value is -2.26. The monoisotopic (exact) mass is 352 g/mol. The predicted octanol–water partition coefficient (Wildman–Crippen LogP) is 5.68. The van der Waals surface area contributed by atoms with Crippen LogP contribution in [0.5, 0.6) is 0 Å². The van der Waals surface area contributed by atoms with E-state index in [1.54, 1.807) is 12.3 Å². The van der Waals surface area contributed by atoms with Crippen molar-refractivity contribution in [3.8, 4) is 0 Å². The van der Waals surface area contributed by atoms with Crippen LogP contribution >= 0.6 is 11.6 Å². The van der Waals surface area contributed by atoms with Crippen LogP contribution in [0.3, 0.4) is 0 Å². The molecule has 2 aromatic carbocycles. The third-order valence-electron chi connectivity index (χ3n) is 5.07. The number of halogens is 2. The third-order valence-corrected chi connectivity index (χ3v) is 5.58. The number of benzene rings is 2. The van der Waals surface area contributed by atoms with Crippen LogP contribution in [0.1, 0.15) is 42.0 Å². The minimum atomic E-state index is -0.310. The Labute approximate surface area is 151 Å². The molecular weight excluding hydrogens is 335 g/mol. The highest BCUT2D eigenvalue weighted by Crippen LogP contribution is 2.38. The summed E-state index contributed by atoms with van der Waals surface area (Å²) in [5.41, 5.74) is 5.39. The lowest BCUT2D eigenvalue weighted by Gasteiger charge is -2.29. The summed E-state index contributed by atoms with van der Waals surface area (Å²) in [6.45, 7) is 6.27. The summed E-state index contributed by atoms with van der Waals surface area (Å²) in [7, 11) is 0. The van der Waals surface area contributed by atoms with Gasteiger partial charge in [0, 0.05) is 33.7 Å². The van der Waals surface area contributed by atoms with Gasteiger partial charge in [-0.2, -0.15) is 0 Å². The highest BCUT2D eigenvalue weighted by molar-refractivity contribution is 6.33.